The van der Waals surface area contributed by atoms with Gasteiger partial charge in [0.25, 0.3) is 11.8 Å². The molecule has 3 heteroatoms. The number of carbonyl (C=O) groups excluding carboxylic acids is 2. The quantitative estimate of drug-likeness (QED) is 0.745. The van der Waals surface area contributed by atoms with Gasteiger partial charge in [0, 0.05) is 12.2 Å². The van der Waals surface area contributed by atoms with Gasteiger partial charge in [-0.2, -0.15) is 0 Å². The summed E-state index contributed by atoms with van der Waals surface area (Å²) in [5.74, 6) is -0.454. The molecule has 0 atom stereocenters. The highest BCUT2D eigenvalue weighted by Crippen LogP contribution is 2.13. The summed E-state index contributed by atoms with van der Waals surface area (Å²) in [5.41, 5.74) is 2.29. The van der Waals surface area contributed by atoms with Crippen LogP contribution in [0.25, 0.3) is 0 Å². The summed E-state index contributed by atoms with van der Waals surface area (Å²) in [4.78, 5) is 24.1. The van der Waals surface area contributed by atoms with E-state index in [4.69, 9.17) is 0 Å². The standard InChI is InChI=1S/C15H17NO2/c1-2-3-4-12-5-7-13(8-6-12)11-16-14(17)9-10-15(16)18/h5-10H,2-4,11H2,1H3. The van der Waals surface area contributed by atoms with E-state index in [0.29, 0.717) is 6.54 Å². The molecule has 2 amide bonds. The Balaban J connectivity index is 1.98. The van der Waals surface area contributed by atoms with Crippen molar-refractivity contribution in [1.82, 2.24) is 4.90 Å². The Kier molecular flexibility index (Phi) is 3.92. The summed E-state index contributed by atoms with van der Waals surface area (Å²) >= 11 is 0. The zero-order valence-electron chi connectivity index (χ0n) is 10.6. The van der Waals surface area contributed by atoms with E-state index in [9.17, 15) is 9.59 Å². The van der Waals surface area contributed by atoms with Gasteiger partial charge in [-0.25, -0.2) is 0 Å². The number of unbranched alkanes of at least 4 members (excludes halogenated alkanes) is 1. The van der Waals surface area contributed by atoms with Crippen molar-refractivity contribution >= 4 is 11.8 Å². The highest BCUT2D eigenvalue weighted by Gasteiger charge is 2.22. The predicted octanol–water partition coefficient (Wildman–Crippen LogP) is 2.45. The van der Waals surface area contributed by atoms with E-state index in [0.717, 1.165) is 12.0 Å². The third-order valence-electron chi connectivity index (χ3n) is 3.08. The Morgan fingerprint density at radius 1 is 0.944 bits per heavy atom. The number of hydrogen-bond acceptors (Lipinski definition) is 2. The van der Waals surface area contributed by atoms with Gasteiger partial charge in [-0.1, -0.05) is 37.6 Å². The molecule has 0 aromatic heterocycles. The summed E-state index contributed by atoms with van der Waals surface area (Å²) in [7, 11) is 0. The lowest BCUT2D eigenvalue weighted by Gasteiger charge is -2.13. The minimum absolute atomic E-state index is 0.227. The lowest BCUT2D eigenvalue weighted by Crippen LogP contribution is -2.29. The third kappa shape index (κ3) is 2.86. The van der Waals surface area contributed by atoms with Crippen LogP contribution >= 0.6 is 0 Å². The number of amides is 2. The number of hydrogen-bond donors (Lipinski definition) is 0. The first-order valence-electron chi connectivity index (χ1n) is 6.32. The van der Waals surface area contributed by atoms with E-state index < -0.39 is 0 Å². The zero-order chi connectivity index (χ0) is 13.0. The summed E-state index contributed by atoms with van der Waals surface area (Å²) < 4.78 is 0. The van der Waals surface area contributed by atoms with Crippen molar-refractivity contribution in [2.45, 2.75) is 32.7 Å². The van der Waals surface area contributed by atoms with Crippen molar-refractivity contribution in [3.8, 4) is 0 Å². The SMILES string of the molecule is CCCCc1ccc(CN2C(=O)C=CC2=O)cc1. The number of nitrogens with zero attached hydrogens (tertiary/aromatic N) is 1. The molecule has 1 aliphatic heterocycles. The molecule has 0 aliphatic carbocycles. The molecule has 0 spiro atoms. The molecule has 1 aromatic rings. The van der Waals surface area contributed by atoms with Crippen LogP contribution in [0.3, 0.4) is 0 Å². The maximum Gasteiger partial charge on any atom is 0.253 e. The van der Waals surface area contributed by atoms with Crippen LogP contribution in [0.2, 0.25) is 0 Å². The van der Waals surface area contributed by atoms with Crippen molar-refractivity contribution in [3.05, 3.63) is 47.5 Å². The molecule has 0 N–H and O–H groups in total. The molecule has 94 valence electrons. The van der Waals surface area contributed by atoms with Gasteiger partial charge in [-0.05, 0) is 24.0 Å². The van der Waals surface area contributed by atoms with Gasteiger partial charge >= 0.3 is 0 Å². The second kappa shape index (κ2) is 5.63. The third-order valence-corrected chi connectivity index (χ3v) is 3.08. The first-order chi connectivity index (χ1) is 8.70. The fraction of sp³-hybridized carbons (Fsp3) is 0.333. The van der Waals surface area contributed by atoms with Gasteiger partial charge < -0.3 is 0 Å². The van der Waals surface area contributed by atoms with E-state index >= 15 is 0 Å². The Morgan fingerprint density at radius 3 is 2.06 bits per heavy atom. The van der Waals surface area contributed by atoms with Crippen molar-refractivity contribution in [1.29, 1.82) is 0 Å². The van der Waals surface area contributed by atoms with E-state index in [-0.39, 0.29) is 11.8 Å². The molecule has 0 fully saturated rings. The van der Waals surface area contributed by atoms with Gasteiger partial charge in [0.1, 0.15) is 0 Å². The Bertz CT molecular complexity index is 456. The van der Waals surface area contributed by atoms with Gasteiger partial charge in [0.15, 0.2) is 0 Å². The number of benzene rings is 1. The van der Waals surface area contributed by atoms with Crippen LogP contribution in [0.15, 0.2) is 36.4 Å². The average molecular weight is 243 g/mol. The molecule has 0 radical (unpaired) electrons. The largest absolute Gasteiger partial charge is 0.271 e. The molecule has 18 heavy (non-hydrogen) atoms. The van der Waals surface area contributed by atoms with E-state index in [2.05, 4.69) is 19.1 Å². The van der Waals surface area contributed by atoms with Crippen molar-refractivity contribution in [2.24, 2.45) is 0 Å². The van der Waals surface area contributed by atoms with E-state index in [1.807, 2.05) is 12.1 Å². The van der Waals surface area contributed by atoms with Crippen LogP contribution < -0.4 is 0 Å². The first-order valence-corrected chi connectivity index (χ1v) is 6.32. The normalized spacial score (nSPS) is 14.6. The molecule has 1 aliphatic rings. The van der Waals surface area contributed by atoms with Crippen LogP contribution in [0.1, 0.15) is 30.9 Å². The van der Waals surface area contributed by atoms with E-state index in [1.54, 1.807) is 0 Å². The zero-order valence-corrected chi connectivity index (χ0v) is 10.6. The summed E-state index contributed by atoms with van der Waals surface area (Å²) in [6.45, 7) is 2.53. The maximum atomic E-state index is 11.4. The molecule has 1 aromatic carbocycles. The molecular weight excluding hydrogens is 226 g/mol. The Morgan fingerprint density at radius 2 is 1.50 bits per heavy atom. The fourth-order valence-electron chi connectivity index (χ4n) is 1.96. The smallest absolute Gasteiger partial charge is 0.253 e. The number of imide groups is 1. The van der Waals surface area contributed by atoms with Crippen molar-refractivity contribution in [2.75, 3.05) is 0 Å². The van der Waals surface area contributed by atoms with Gasteiger partial charge in [-0.15, -0.1) is 0 Å². The Hall–Kier alpha value is -1.90. The van der Waals surface area contributed by atoms with Gasteiger partial charge in [-0.3, -0.25) is 14.5 Å². The Labute approximate surface area is 107 Å². The van der Waals surface area contributed by atoms with Crippen LogP contribution in [-0.4, -0.2) is 16.7 Å². The van der Waals surface area contributed by atoms with Gasteiger partial charge in [0.05, 0.1) is 6.54 Å². The summed E-state index contributed by atoms with van der Waals surface area (Å²) in [6.07, 6.45) is 6.09. The highest BCUT2D eigenvalue weighted by atomic mass is 16.2. The highest BCUT2D eigenvalue weighted by molar-refractivity contribution is 6.12. The maximum absolute atomic E-state index is 11.4. The molecule has 0 saturated carbocycles. The van der Waals surface area contributed by atoms with E-state index in [1.165, 1.54) is 35.5 Å². The fourth-order valence-corrected chi connectivity index (χ4v) is 1.96. The topological polar surface area (TPSA) is 37.4 Å². The number of carbonyl (C=O) groups is 2. The van der Waals surface area contributed by atoms with Crippen LogP contribution in [0.5, 0.6) is 0 Å². The molecule has 2 rings (SSSR count). The summed E-state index contributed by atoms with van der Waals surface area (Å²) in [6, 6.07) is 8.13. The van der Waals surface area contributed by atoms with Crippen molar-refractivity contribution < 1.29 is 9.59 Å². The minimum Gasteiger partial charge on any atom is -0.271 e. The average Bonchev–Trinajstić information content (AvgIpc) is 2.70. The van der Waals surface area contributed by atoms with Crippen LogP contribution in [-0.2, 0) is 22.6 Å². The number of rotatable bonds is 5. The van der Waals surface area contributed by atoms with Crippen LogP contribution in [0.4, 0.5) is 0 Å². The van der Waals surface area contributed by atoms with Crippen molar-refractivity contribution in [3.63, 3.8) is 0 Å². The first kappa shape index (κ1) is 12.6. The molecular formula is C15H17NO2. The predicted molar refractivity (Wildman–Crippen MR) is 69.8 cm³/mol. The second-order valence-corrected chi connectivity index (χ2v) is 4.52. The molecule has 0 saturated heterocycles. The summed E-state index contributed by atoms with van der Waals surface area (Å²) in [5, 5.41) is 0. The van der Waals surface area contributed by atoms with Crippen LogP contribution in [0, 0.1) is 0 Å². The molecule has 0 unspecified atom stereocenters. The van der Waals surface area contributed by atoms with Gasteiger partial charge in [0.2, 0.25) is 0 Å². The monoisotopic (exact) mass is 243 g/mol. The molecule has 3 nitrogen and oxygen atoms in total. The minimum atomic E-state index is -0.227. The molecule has 1 heterocycles. The second-order valence-electron chi connectivity index (χ2n) is 4.52. The lowest BCUT2D eigenvalue weighted by atomic mass is 10.1. The molecule has 0 bridgehead atoms. The number of aryl methyl sites for hydroxylation is 1. The lowest BCUT2D eigenvalue weighted by molar-refractivity contribution is -0.137.